The van der Waals surface area contributed by atoms with Crippen molar-refractivity contribution in [2.45, 2.75) is 19.4 Å². The molecule has 0 radical (unpaired) electrons. The Morgan fingerprint density at radius 3 is 2.61 bits per heavy atom. The van der Waals surface area contributed by atoms with Crippen molar-refractivity contribution < 1.29 is 9.53 Å². The summed E-state index contributed by atoms with van der Waals surface area (Å²) in [4.78, 5) is 12.0. The van der Waals surface area contributed by atoms with Gasteiger partial charge >= 0.3 is 0 Å². The molecular weight excluding hydrogens is 333 g/mol. The van der Waals surface area contributed by atoms with Gasteiger partial charge in [0.25, 0.3) is 5.91 Å². The first-order valence-corrected chi connectivity index (χ1v) is 8.24. The average molecular weight is 352 g/mol. The fourth-order valence-corrected chi connectivity index (χ4v) is 2.52. The van der Waals surface area contributed by atoms with Crippen LogP contribution in [0.25, 0.3) is 0 Å². The van der Waals surface area contributed by atoms with Crippen LogP contribution < -0.4 is 5.32 Å². The minimum atomic E-state index is -0.228. The summed E-state index contributed by atoms with van der Waals surface area (Å²) < 4.78 is 5.76. The summed E-state index contributed by atoms with van der Waals surface area (Å²) in [6.45, 7) is 3.10. The molecule has 0 fully saturated rings. The third-order valence-corrected chi connectivity index (χ3v) is 4.26. The van der Waals surface area contributed by atoms with E-state index in [2.05, 4.69) is 5.32 Å². The molecule has 0 spiro atoms. The Kier molecular flexibility index (Phi) is 6.90. The maximum absolute atomic E-state index is 12.0. The number of rotatable bonds is 7. The number of nitrogens with one attached hydrogen (secondary N) is 1. The molecule has 3 nitrogen and oxygen atoms in total. The highest BCUT2D eigenvalue weighted by Gasteiger charge is 2.12. The SMILES string of the molecule is CC(OCCCNC(=O)c1cccc(Cl)c1Cl)c1ccccc1. The molecule has 5 heteroatoms. The van der Waals surface area contributed by atoms with E-state index in [4.69, 9.17) is 27.9 Å². The first-order valence-electron chi connectivity index (χ1n) is 7.48. The van der Waals surface area contributed by atoms with E-state index >= 15 is 0 Å². The molecule has 0 aliphatic rings. The third kappa shape index (κ3) is 5.24. The van der Waals surface area contributed by atoms with Crippen LogP contribution in [-0.4, -0.2) is 19.1 Å². The molecule has 2 rings (SSSR count). The Bertz CT molecular complexity index is 647. The van der Waals surface area contributed by atoms with Gasteiger partial charge in [-0.05, 0) is 31.0 Å². The van der Waals surface area contributed by atoms with Crippen LogP contribution in [0.3, 0.4) is 0 Å². The smallest absolute Gasteiger partial charge is 0.252 e. The van der Waals surface area contributed by atoms with Gasteiger partial charge in [-0.3, -0.25) is 4.79 Å². The first kappa shape index (κ1) is 17.8. The standard InChI is InChI=1S/C18H19Cl2NO2/c1-13(14-7-3-2-4-8-14)23-12-6-11-21-18(22)15-9-5-10-16(19)17(15)20/h2-5,7-10,13H,6,11-12H2,1H3,(H,21,22). The lowest BCUT2D eigenvalue weighted by atomic mass is 10.1. The maximum Gasteiger partial charge on any atom is 0.252 e. The molecule has 2 aromatic rings. The fraction of sp³-hybridized carbons (Fsp3) is 0.278. The van der Waals surface area contributed by atoms with Crippen LogP contribution in [0, 0.1) is 0 Å². The van der Waals surface area contributed by atoms with E-state index in [9.17, 15) is 4.79 Å². The zero-order chi connectivity index (χ0) is 16.7. The largest absolute Gasteiger partial charge is 0.374 e. The monoisotopic (exact) mass is 351 g/mol. The molecule has 0 saturated heterocycles. The van der Waals surface area contributed by atoms with Gasteiger partial charge in [-0.1, -0.05) is 59.6 Å². The normalized spacial score (nSPS) is 12.0. The summed E-state index contributed by atoms with van der Waals surface area (Å²) in [6, 6.07) is 15.0. The van der Waals surface area contributed by atoms with Crippen LogP contribution in [0.4, 0.5) is 0 Å². The second-order valence-corrected chi connectivity index (χ2v) is 5.92. The van der Waals surface area contributed by atoms with Gasteiger partial charge in [0.1, 0.15) is 0 Å². The van der Waals surface area contributed by atoms with Crippen molar-refractivity contribution in [3.05, 3.63) is 69.7 Å². The van der Waals surface area contributed by atoms with Gasteiger partial charge in [-0.25, -0.2) is 0 Å². The zero-order valence-electron chi connectivity index (χ0n) is 12.9. The summed E-state index contributed by atoms with van der Waals surface area (Å²) in [5, 5.41) is 3.47. The van der Waals surface area contributed by atoms with E-state index in [1.165, 1.54) is 0 Å². The Balaban J connectivity index is 1.71. The number of benzene rings is 2. The number of hydrogen-bond donors (Lipinski definition) is 1. The number of carbonyl (C=O) groups excluding carboxylic acids is 1. The Morgan fingerprint density at radius 2 is 1.87 bits per heavy atom. The van der Waals surface area contributed by atoms with Gasteiger partial charge in [-0.15, -0.1) is 0 Å². The van der Waals surface area contributed by atoms with Crippen molar-refractivity contribution in [2.24, 2.45) is 0 Å². The predicted molar refractivity (Wildman–Crippen MR) is 94.2 cm³/mol. The first-order chi connectivity index (χ1) is 11.1. The van der Waals surface area contributed by atoms with Gasteiger partial charge in [0, 0.05) is 13.2 Å². The van der Waals surface area contributed by atoms with E-state index in [0.29, 0.717) is 23.7 Å². The summed E-state index contributed by atoms with van der Waals surface area (Å²) in [5.41, 5.74) is 1.53. The second kappa shape index (κ2) is 8.92. The maximum atomic E-state index is 12.0. The van der Waals surface area contributed by atoms with E-state index in [0.717, 1.165) is 12.0 Å². The van der Waals surface area contributed by atoms with Gasteiger partial charge in [0.15, 0.2) is 0 Å². The number of carbonyl (C=O) groups is 1. The summed E-state index contributed by atoms with van der Waals surface area (Å²) in [5.74, 6) is -0.228. The molecule has 1 atom stereocenters. The Labute approximate surface area is 146 Å². The van der Waals surface area contributed by atoms with E-state index in [1.807, 2.05) is 37.3 Å². The highest BCUT2D eigenvalue weighted by molar-refractivity contribution is 6.43. The van der Waals surface area contributed by atoms with Crippen molar-refractivity contribution in [3.8, 4) is 0 Å². The van der Waals surface area contributed by atoms with Crippen LogP contribution in [0.2, 0.25) is 10.0 Å². The lowest BCUT2D eigenvalue weighted by Gasteiger charge is -2.13. The minimum absolute atomic E-state index is 0.0364. The van der Waals surface area contributed by atoms with Crippen molar-refractivity contribution in [1.29, 1.82) is 0 Å². The average Bonchev–Trinajstić information content (AvgIpc) is 2.57. The fourth-order valence-electron chi connectivity index (χ4n) is 2.13. The van der Waals surface area contributed by atoms with E-state index in [1.54, 1.807) is 18.2 Å². The second-order valence-electron chi connectivity index (χ2n) is 5.13. The van der Waals surface area contributed by atoms with Crippen LogP contribution in [0.15, 0.2) is 48.5 Å². The van der Waals surface area contributed by atoms with Gasteiger partial charge in [0.2, 0.25) is 0 Å². The summed E-state index contributed by atoms with van der Waals surface area (Å²) in [7, 11) is 0. The number of amides is 1. The molecule has 0 saturated carbocycles. The molecule has 23 heavy (non-hydrogen) atoms. The molecule has 2 aromatic carbocycles. The van der Waals surface area contributed by atoms with Crippen LogP contribution >= 0.6 is 23.2 Å². The Hall–Kier alpha value is -1.55. The molecule has 122 valence electrons. The lowest BCUT2D eigenvalue weighted by Crippen LogP contribution is -2.25. The van der Waals surface area contributed by atoms with E-state index < -0.39 is 0 Å². The molecule has 0 aliphatic heterocycles. The molecule has 1 N–H and O–H groups in total. The van der Waals surface area contributed by atoms with Crippen LogP contribution in [0.1, 0.15) is 35.4 Å². The number of hydrogen-bond acceptors (Lipinski definition) is 2. The summed E-state index contributed by atoms with van der Waals surface area (Å²) in [6.07, 6.45) is 0.760. The molecule has 0 aromatic heterocycles. The molecular formula is C18H19Cl2NO2. The number of halogens is 2. The van der Waals surface area contributed by atoms with Crippen molar-refractivity contribution in [1.82, 2.24) is 5.32 Å². The van der Waals surface area contributed by atoms with Crippen LogP contribution in [-0.2, 0) is 4.74 Å². The molecule has 0 heterocycles. The highest BCUT2D eigenvalue weighted by atomic mass is 35.5. The van der Waals surface area contributed by atoms with Crippen molar-refractivity contribution in [3.63, 3.8) is 0 Å². The minimum Gasteiger partial charge on any atom is -0.374 e. The Morgan fingerprint density at radius 1 is 1.13 bits per heavy atom. The van der Waals surface area contributed by atoms with Crippen molar-refractivity contribution >= 4 is 29.1 Å². The number of ether oxygens (including phenoxy) is 1. The van der Waals surface area contributed by atoms with E-state index in [-0.39, 0.29) is 17.0 Å². The van der Waals surface area contributed by atoms with Gasteiger partial charge in [-0.2, -0.15) is 0 Å². The van der Waals surface area contributed by atoms with Gasteiger partial charge < -0.3 is 10.1 Å². The molecule has 1 unspecified atom stereocenters. The third-order valence-electron chi connectivity index (χ3n) is 3.44. The highest BCUT2D eigenvalue weighted by Crippen LogP contribution is 2.25. The quantitative estimate of drug-likeness (QED) is 0.721. The van der Waals surface area contributed by atoms with Crippen molar-refractivity contribution in [2.75, 3.05) is 13.2 Å². The zero-order valence-corrected chi connectivity index (χ0v) is 14.4. The molecule has 0 aliphatic carbocycles. The molecule has 1 amide bonds. The van der Waals surface area contributed by atoms with Gasteiger partial charge in [0.05, 0.1) is 21.7 Å². The summed E-state index contributed by atoms with van der Waals surface area (Å²) >= 11 is 11.9. The topological polar surface area (TPSA) is 38.3 Å². The predicted octanol–water partition coefficient (Wildman–Crippen LogP) is 4.89. The van der Waals surface area contributed by atoms with Crippen LogP contribution in [0.5, 0.6) is 0 Å². The lowest BCUT2D eigenvalue weighted by molar-refractivity contribution is 0.0635. The molecule has 0 bridgehead atoms.